The molecule has 144 valence electrons. The van der Waals surface area contributed by atoms with Crippen LogP contribution in [0.2, 0.25) is 0 Å². The van der Waals surface area contributed by atoms with Crippen molar-refractivity contribution in [3.05, 3.63) is 59.7 Å². The van der Waals surface area contributed by atoms with Crippen LogP contribution in [0.5, 0.6) is 0 Å². The van der Waals surface area contributed by atoms with Crippen molar-refractivity contribution in [2.24, 2.45) is 0 Å². The molecule has 0 saturated carbocycles. The van der Waals surface area contributed by atoms with Gasteiger partial charge in [0.15, 0.2) is 0 Å². The summed E-state index contributed by atoms with van der Waals surface area (Å²) >= 11 is 0. The molecular formula is C22H21N7. The van der Waals surface area contributed by atoms with E-state index in [4.69, 9.17) is 9.97 Å². The summed E-state index contributed by atoms with van der Waals surface area (Å²) in [6.45, 7) is 3.18. The minimum absolute atomic E-state index is 0.690. The highest BCUT2D eigenvalue weighted by Crippen LogP contribution is 2.28. The van der Waals surface area contributed by atoms with Gasteiger partial charge in [-0.15, -0.1) is 0 Å². The normalized spacial score (nSPS) is 15.8. The van der Waals surface area contributed by atoms with E-state index in [-0.39, 0.29) is 0 Å². The van der Waals surface area contributed by atoms with E-state index < -0.39 is 0 Å². The highest BCUT2D eigenvalue weighted by atomic mass is 15.3. The fraction of sp³-hybridized carbons (Fsp3) is 0.318. The van der Waals surface area contributed by atoms with E-state index in [0.717, 1.165) is 74.2 Å². The molecule has 29 heavy (non-hydrogen) atoms. The van der Waals surface area contributed by atoms with Crippen molar-refractivity contribution < 1.29 is 0 Å². The lowest BCUT2D eigenvalue weighted by molar-refractivity contribution is 0.633. The molecule has 1 saturated heterocycles. The van der Waals surface area contributed by atoms with Crippen LogP contribution in [-0.4, -0.2) is 46.1 Å². The molecule has 3 aromatic rings. The molecule has 1 aliphatic heterocycles. The molecular weight excluding hydrogens is 362 g/mol. The third kappa shape index (κ3) is 3.38. The van der Waals surface area contributed by atoms with E-state index in [1.165, 1.54) is 5.56 Å². The highest BCUT2D eigenvalue weighted by Gasteiger charge is 2.24. The predicted molar refractivity (Wildman–Crippen MR) is 111 cm³/mol. The van der Waals surface area contributed by atoms with Gasteiger partial charge in [-0.25, -0.2) is 15.0 Å². The van der Waals surface area contributed by atoms with Crippen LogP contribution in [0.25, 0.3) is 11.3 Å². The monoisotopic (exact) mass is 383 g/mol. The van der Waals surface area contributed by atoms with Crippen LogP contribution < -0.4 is 9.80 Å². The van der Waals surface area contributed by atoms with E-state index in [2.05, 4.69) is 25.8 Å². The van der Waals surface area contributed by atoms with Crippen molar-refractivity contribution in [3.63, 3.8) is 0 Å². The van der Waals surface area contributed by atoms with Crippen molar-refractivity contribution in [2.45, 2.75) is 19.3 Å². The standard InChI is InChI=1S/C22H21N7/c23-15-18-14-17-2-1-3-19(17)26-21(18)28-10-12-29(13-11-28)22-25-9-6-20(27-22)16-4-7-24-8-5-16/h4-9,14H,1-3,10-13H2. The molecule has 1 fully saturated rings. The lowest BCUT2D eigenvalue weighted by Gasteiger charge is -2.36. The Bertz CT molecular complexity index is 1070. The largest absolute Gasteiger partial charge is 0.352 e. The first-order valence-corrected chi connectivity index (χ1v) is 9.98. The number of hydrogen-bond acceptors (Lipinski definition) is 7. The van der Waals surface area contributed by atoms with Gasteiger partial charge in [-0.1, -0.05) is 0 Å². The molecule has 7 nitrogen and oxygen atoms in total. The minimum atomic E-state index is 0.690. The number of pyridine rings is 2. The first-order valence-electron chi connectivity index (χ1n) is 9.98. The van der Waals surface area contributed by atoms with Crippen LogP contribution in [0.3, 0.4) is 0 Å². The predicted octanol–water partition coefficient (Wildman–Crippen LogP) is 2.62. The maximum absolute atomic E-state index is 9.60. The zero-order chi connectivity index (χ0) is 19.6. The number of anilines is 2. The fourth-order valence-corrected chi connectivity index (χ4v) is 4.09. The Morgan fingerprint density at radius 1 is 0.897 bits per heavy atom. The summed E-state index contributed by atoms with van der Waals surface area (Å²) < 4.78 is 0. The van der Waals surface area contributed by atoms with Crippen LogP contribution in [-0.2, 0) is 12.8 Å². The number of piperazine rings is 1. The zero-order valence-electron chi connectivity index (χ0n) is 16.1. The van der Waals surface area contributed by atoms with Gasteiger partial charge in [-0.2, -0.15) is 5.26 Å². The number of nitriles is 1. The molecule has 0 radical (unpaired) electrons. The highest BCUT2D eigenvalue weighted by molar-refractivity contribution is 5.60. The van der Waals surface area contributed by atoms with Gasteiger partial charge in [-0.3, -0.25) is 4.98 Å². The molecule has 0 unspecified atom stereocenters. The zero-order valence-corrected chi connectivity index (χ0v) is 16.1. The van der Waals surface area contributed by atoms with Gasteiger partial charge in [0.25, 0.3) is 0 Å². The number of aryl methyl sites for hydroxylation is 2. The maximum atomic E-state index is 9.60. The van der Waals surface area contributed by atoms with E-state index in [1.807, 2.05) is 24.3 Å². The van der Waals surface area contributed by atoms with Gasteiger partial charge in [0.1, 0.15) is 11.9 Å². The molecule has 0 aromatic carbocycles. The molecule has 4 heterocycles. The molecule has 0 amide bonds. The lowest BCUT2D eigenvalue weighted by atomic mass is 10.1. The van der Waals surface area contributed by atoms with Crippen LogP contribution in [0.15, 0.2) is 42.9 Å². The topological polar surface area (TPSA) is 81.8 Å². The quantitative estimate of drug-likeness (QED) is 0.687. The Morgan fingerprint density at radius 2 is 1.69 bits per heavy atom. The number of nitrogens with zero attached hydrogens (tertiary/aromatic N) is 7. The second kappa shape index (κ2) is 7.47. The van der Waals surface area contributed by atoms with E-state index >= 15 is 0 Å². The molecule has 3 aromatic heterocycles. The molecule has 2 aliphatic rings. The molecule has 1 aliphatic carbocycles. The number of fused-ring (bicyclic) bond motifs is 1. The third-order valence-corrected chi connectivity index (χ3v) is 5.63. The number of rotatable bonds is 3. The van der Waals surface area contributed by atoms with Gasteiger partial charge in [-0.05, 0) is 49.1 Å². The van der Waals surface area contributed by atoms with Crippen molar-refractivity contribution in [3.8, 4) is 17.3 Å². The first-order chi connectivity index (χ1) is 14.3. The molecule has 7 heteroatoms. The summed E-state index contributed by atoms with van der Waals surface area (Å²) in [5.41, 5.74) is 5.02. The van der Waals surface area contributed by atoms with E-state index in [1.54, 1.807) is 18.6 Å². The summed E-state index contributed by atoms with van der Waals surface area (Å²) in [6, 6.07) is 10.2. The Kier molecular flexibility index (Phi) is 4.53. The second-order valence-electron chi connectivity index (χ2n) is 7.38. The molecule has 5 rings (SSSR count). The Balaban J connectivity index is 1.34. The van der Waals surface area contributed by atoms with E-state index in [0.29, 0.717) is 5.56 Å². The summed E-state index contributed by atoms with van der Waals surface area (Å²) in [5.74, 6) is 1.57. The van der Waals surface area contributed by atoms with Crippen molar-refractivity contribution >= 4 is 11.8 Å². The fourth-order valence-electron chi connectivity index (χ4n) is 4.09. The van der Waals surface area contributed by atoms with Crippen molar-refractivity contribution in [2.75, 3.05) is 36.0 Å². The SMILES string of the molecule is N#Cc1cc2c(nc1N1CCN(c3nccc(-c4ccncc4)n3)CC1)CCC2. The van der Waals surface area contributed by atoms with Gasteiger partial charge < -0.3 is 9.80 Å². The Hall–Kier alpha value is -3.53. The van der Waals surface area contributed by atoms with Gasteiger partial charge in [0, 0.05) is 56.0 Å². The number of aromatic nitrogens is 4. The van der Waals surface area contributed by atoms with Crippen LogP contribution >= 0.6 is 0 Å². The first kappa shape index (κ1) is 17.6. The smallest absolute Gasteiger partial charge is 0.225 e. The number of hydrogen-bond donors (Lipinski definition) is 0. The molecule has 0 N–H and O–H groups in total. The summed E-state index contributed by atoms with van der Waals surface area (Å²) in [7, 11) is 0. The van der Waals surface area contributed by atoms with Crippen LogP contribution in [0.4, 0.5) is 11.8 Å². The lowest BCUT2D eigenvalue weighted by Crippen LogP contribution is -2.47. The average molecular weight is 383 g/mol. The summed E-state index contributed by atoms with van der Waals surface area (Å²) in [4.78, 5) is 22.6. The summed E-state index contributed by atoms with van der Waals surface area (Å²) in [6.07, 6.45) is 8.54. The second-order valence-corrected chi connectivity index (χ2v) is 7.38. The summed E-state index contributed by atoms with van der Waals surface area (Å²) in [5, 5.41) is 9.60. The Labute approximate surface area is 169 Å². The van der Waals surface area contributed by atoms with Crippen molar-refractivity contribution in [1.82, 2.24) is 19.9 Å². The molecule has 0 spiro atoms. The molecule has 0 atom stereocenters. The molecule has 0 bridgehead atoms. The van der Waals surface area contributed by atoms with Gasteiger partial charge >= 0.3 is 0 Å². The maximum Gasteiger partial charge on any atom is 0.225 e. The van der Waals surface area contributed by atoms with E-state index in [9.17, 15) is 5.26 Å². The van der Waals surface area contributed by atoms with Gasteiger partial charge in [0.2, 0.25) is 5.95 Å². The average Bonchev–Trinajstić information content (AvgIpc) is 3.26. The van der Waals surface area contributed by atoms with Crippen LogP contribution in [0, 0.1) is 11.3 Å². The van der Waals surface area contributed by atoms with Crippen LogP contribution in [0.1, 0.15) is 23.2 Å². The van der Waals surface area contributed by atoms with Gasteiger partial charge in [0.05, 0.1) is 11.3 Å². The van der Waals surface area contributed by atoms with Crippen molar-refractivity contribution in [1.29, 1.82) is 5.26 Å². The Morgan fingerprint density at radius 3 is 2.48 bits per heavy atom. The minimum Gasteiger partial charge on any atom is -0.352 e. The third-order valence-electron chi connectivity index (χ3n) is 5.63.